The Hall–Kier alpha value is -2.52. The summed E-state index contributed by atoms with van der Waals surface area (Å²) in [5.74, 6) is -1.89. The summed E-state index contributed by atoms with van der Waals surface area (Å²) in [6, 6.07) is 12.2. The third kappa shape index (κ3) is 5.20. The second kappa shape index (κ2) is 11.9. The van der Waals surface area contributed by atoms with Crippen molar-refractivity contribution < 1.29 is 23.9 Å². The number of amides is 1. The van der Waals surface area contributed by atoms with Gasteiger partial charge in [0.15, 0.2) is 0 Å². The molecule has 2 saturated heterocycles. The summed E-state index contributed by atoms with van der Waals surface area (Å²) < 4.78 is 9.75. The lowest BCUT2D eigenvalue weighted by molar-refractivity contribution is -0.164. The highest BCUT2D eigenvalue weighted by atomic mass is 35.5. The molecule has 0 bridgehead atoms. The summed E-state index contributed by atoms with van der Waals surface area (Å²) in [6.45, 7) is 1.48. The molecule has 2 heterocycles. The molecule has 3 aliphatic rings. The molecule has 0 aromatic heterocycles. The average molecular weight is 597 g/mol. The number of hydrogen-bond donors (Lipinski definition) is 0. The number of likely N-dealkylation sites (tertiary alicyclic amines) is 1. The molecular formula is C28H32Cl3N3O5. The Morgan fingerprint density at radius 2 is 1.54 bits per heavy atom. The van der Waals surface area contributed by atoms with E-state index in [-0.39, 0.29) is 25.0 Å². The predicted molar refractivity (Wildman–Crippen MR) is 152 cm³/mol. The van der Waals surface area contributed by atoms with E-state index in [0.717, 1.165) is 46.1 Å². The Morgan fingerprint density at radius 1 is 0.949 bits per heavy atom. The third-order valence-corrected chi connectivity index (χ3v) is 9.03. The zero-order valence-corrected chi connectivity index (χ0v) is 24.2. The van der Waals surface area contributed by atoms with Crippen LogP contribution in [0, 0.1) is 0 Å². The fraction of sp³-hybridized carbons (Fsp3) is 0.464. The first kappa shape index (κ1) is 29.5. The number of carbonyl (C=O) groups is 3. The molecule has 0 saturated carbocycles. The first-order valence-electron chi connectivity index (χ1n) is 12.8. The molecule has 39 heavy (non-hydrogen) atoms. The number of nitrogens with zero attached hydrogens (tertiary/aromatic N) is 3. The van der Waals surface area contributed by atoms with Crippen molar-refractivity contribution in [2.24, 2.45) is 0 Å². The molecule has 2 aromatic carbocycles. The number of esters is 2. The lowest BCUT2D eigenvalue weighted by Crippen LogP contribution is -2.59. The summed E-state index contributed by atoms with van der Waals surface area (Å²) in [6.07, 6.45) is 3.76. The van der Waals surface area contributed by atoms with Crippen LogP contribution < -0.4 is 4.90 Å². The van der Waals surface area contributed by atoms with Crippen LogP contribution in [0.4, 0.5) is 5.69 Å². The molecular weight excluding hydrogens is 565 g/mol. The molecule has 1 unspecified atom stereocenters. The zero-order valence-electron chi connectivity index (χ0n) is 21.9. The predicted octanol–water partition coefficient (Wildman–Crippen LogP) is 4.13. The van der Waals surface area contributed by atoms with Crippen LogP contribution in [-0.2, 0) is 36.7 Å². The molecule has 0 N–H and O–H groups in total. The van der Waals surface area contributed by atoms with Gasteiger partial charge < -0.3 is 14.4 Å². The minimum atomic E-state index is -1.46. The topological polar surface area (TPSA) is 79.4 Å². The van der Waals surface area contributed by atoms with Gasteiger partial charge in [-0.05, 0) is 67.5 Å². The Labute approximate surface area is 244 Å². The number of fused-ring (bicyclic) bond motifs is 1. The molecule has 2 fully saturated rings. The summed E-state index contributed by atoms with van der Waals surface area (Å²) in [5.41, 5.74) is 2.23. The fourth-order valence-electron chi connectivity index (χ4n) is 6.27. The monoisotopic (exact) mass is 595 g/mol. The smallest absolute Gasteiger partial charge is 0.340 e. The van der Waals surface area contributed by atoms with Crippen molar-refractivity contribution in [1.29, 1.82) is 0 Å². The summed E-state index contributed by atoms with van der Waals surface area (Å²) in [4.78, 5) is 45.1. The van der Waals surface area contributed by atoms with E-state index in [2.05, 4.69) is 4.90 Å². The number of piperidine rings is 1. The number of hydrogen-bond acceptors (Lipinski definition) is 7. The highest BCUT2D eigenvalue weighted by Crippen LogP contribution is 2.42. The molecule has 1 amide bonds. The molecule has 11 heteroatoms. The first-order valence-corrected chi connectivity index (χ1v) is 13.6. The first-order chi connectivity index (χ1) is 18.3. The number of carbonyl (C=O) groups excluding carboxylic acids is 3. The van der Waals surface area contributed by atoms with E-state index < -0.39 is 23.5 Å². The van der Waals surface area contributed by atoms with E-state index in [4.69, 9.17) is 32.7 Å². The number of ether oxygens (including phenoxy) is 2. The number of para-hydroxylation sites is 1. The van der Waals surface area contributed by atoms with Gasteiger partial charge in [0.2, 0.25) is 6.04 Å². The van der Waals surface area contributed by atoms with Gasteiger partial charge in [-0.2, -0.15) is 0 Å². The molecule has 1 aliphatic carbocycles. The van der Waals surface area contributed by atoms with Gasteiger partial charge in [-0.3, -0.25) is 14.6 Å². The summed E-state index contributed by atoms with van der Waals surface area (Å²) >= 11 is 13.0. The Bertz CT molecular complexity index is 1220. The van der Waals surface area contributed by atoms with Crippen LogP contribution in [0.3, 0.4) is 0 Å². The minimum Gasteiger partial charge on any atom is -0.467 e. The average Bonchev–Trinajstić information content (AvgIpc) is 3.22. The van der Waals surface area contributed by atoms with Crippen molar-refractivity contribution >= 4 is 59.1 Å². The van der Waals surface area contributed by atoms with Gasteiger partial charge in [-0.25, -0.2) is 9.59 Å². The summed E-state index contributed by atoms with van der Waals surface area (Å²) in [5, 5.41) is 1.51. The second-order valence-electron chi connectivity index (χ2n) is 10.1. The van der Waals surface area contributed by atoms with Crippen molar-refractivity contribution in [2.75, 3.05) is 38.9 Å². The third-order valence-electron chi connectivity index (χ3n) is 8.32. The maximum atomic E-state index is 14.1. The SMILES string of the molecule is COC(=O)C(C(=O)OC)N1CN(c2ccccc2)C2(CCN(C3CCc4c(Cl)ccc(Cl)c4C3)CC2)C1=O.Cl. The van der Waals surface area contributed by atoms with Crippen LogP contribution in [0.1, 0.15) is 30.4 Å². The van der Waals surface area contributed by atoms with Gasteiger partial charge in [-0.15, -0.1) is 12.4 Å². The molecule has 210 valence electrons. The normalized spacial score (nSPS) is 20.5. The second-order valence-corrected chi connectivity index (χ2v) is 10.9. The standard InChI is InChI=1S/C28H31Cl2N3O5.ClH/c1-37-25(34)24(26(35)38-2)32-17-33(18-6-4-3-5-7-18)28(27(32)36)12-14-31(15-13-28)19-8-9-20-21(16-19)23(30)11-10-22(20)29;/h3-7,10-11,19,24H,8-9,12-17H2,1-2H3;1H. The number of rotatable bonds is 5. The lowest BCUT2D eigenvalue weighted by Gasteiger charge is -2.46. The maximum absolute atomic E-state index is 14.1. The van der Waals surface area contributed by atoms with Crippen LogP contribution in [-0.4, -0.2) is 79.2 Å². The Morgan fingerprint density at radius 3 is 2.13 bits per heavy atom. The molecule has 2 aliphatic heterocycles. The fourth-order valence-corrected chi connectivity index (χ4v) is 6.80. The van der Waals surface area contributed by atoms with Gasteiger partial charge in [0.05, 0.1) is 20.9 Å². The lowest BCUT2D eigenvalue weighted by atomic mass is 9.82. The van der Waals surface area contributed by atoms with Crippen molar-refractivity contribution in [3.8, 4) is 0 Å². The molecule has 1 atom stereocenters. The van der Waals surface area contributed by atoms with Crippen molar-refractivity contribution in [3.63, 3.8) is 0 Å². The number of methoxy groups -OCH3 is 2. The van der Waals surface area contributed by atoms with E-state index in [1.165, 1.54) is 19.1 Å². The van der Waals surface area contributed by atoms with Crippen LogP contribution in [0.25, 0.3) is 0 Å². The minimum absolute atomic E-state index is 0. The van der Waals surface area contributed by atoms with Crippen LogP contribution in [0.15, 0.2) is 42.5 Å². The van der Waals surface area contributed by atoms with Crippen molar-refractivity contribution in [3.05, 3.63) is 63.6 Å². The van der Waals surface area contributed by atoms with Gasteiger partial charge in [0.25, 0.3) is 5.91 Å². The summed E-state index contributed by atoms with van der Waals surface area (Å²) in [7, 11) is 2.40. The zero-order chi connectivity index (χ0) is 27.0. The van der Waals surface area contributed by atoms with Gasteiger partial charge in [0.1, 0.15) is 5.54 Å². The van der Waals surface area contributed by atoms with Crippen molar-refractivity contribution in [1.82, 2.24) is 9.80 Å². The highest BCUT2D eigenvalue weighted by molar-refractivity contribution is 6.34. The van der Waals surface area contributed by atoms with E-state index >= 15 is 0 Å². The van der Waals surface area contributed by atoms with Crippen molar-refractivity contribution in [2.45, 2.75) is 49.7 Å². The number of benzene rings is 2. The van der Waals surface area contributed by atoms with Gasteiger partial charge in [-0.1, -0.05) is 41.4 Å². The molecule has 5 rings (SSSR count). The van der Waals surface area contributed by atoms with Crippen LogP contribution in [0.5, 0.6) is 0 Å². The molecule has 1 spiro atoms. The van der Waals surface area contributed by atoms with Gasteiger partial charge in [0, 0.05) is 34.9 Å². The number of halogens is 3. The van der Waals surface area contributed by atoms with Gasteiger partial charge >= 0.3 is 11.9 Å². The Balaban J connectivity index is 0.00000353. The Kier molecular flexibility index (Phi) is 9.01. The molecule has 0 radical (unpaired) electrons. The maximum Gasteiger partial charge on any atom is 0.340 e. The highest BCUT2D eigenvalue weighted by Gasteiger charge is 2.58. The molecule has 2 aromatic rings. The quantitative estimate of drug-likeness (QED) is 0.379. The van der Waals surface area contributed by atoms with E-state index in [9.17, 15) is 14.4 Å². The number of anilines is 1. The van der Waals surface area contributed by atoms with Crippen LogP contribution in [0.2, 0.25) is 10.0 Å². The largest absolute Gasteiger partial charge is 0.467 e. The van der Waals surface area contributed by atoms with E-state index in [1.807, 2.05) is 47.4 Å². The van der Waals surface area contributed by atoms with Crippen LogP contribution >= 0.6 is 35.6 Å². The van der Waals surface area contributed by atoms with E-state index in [0.29, 0.717) is 32.0 Å². The van der Waals surface area contributed by atoms with E-state index in [1.54, 1.807) is 0 Å². The molecule has 8 nitrogen and oxygen atoms in total.